The van der Waals surface area contributed by atoms with Gasteiger partial charge in [0.2, 0.25) is 0 Å². The van der Waals surface area contributed by atoms with Crippen LogP contribution in [0.25, 0.3) is 0 Å². The SMILES string of the molecule is CC#N.[Li+].[Li+].[Li+].[O-]B([O-])[O-]. The maximum absolute atomic E-state index is 8.42. The van der Waals surface area contributed by atoms with Gasteiger partial charge >= 0.3 is 56.6 Å². The molecule has 0 N–H and O–H groups in total. The fourth-order valence-corrected chi connectivity index (χ4v) is 0. The van der Waals surface area contributed by atoms with Crippen molar-refractivity contribution in [1.29, 1.82) is 5.26 Å². The summed E-state index contributed by atoms with van der Waals surface area (Å²) in [4.78, 5) is 0. The topological polar surface area (TPSA) is 93.0 Å². The van der Waals surface area contributed by atoms with Crippen molar-refractivity contribution in [2.75, 3.05) is 0 Å². The zero-order chi connectivity index (χ0) is 6.28. The Bertz CT molecular complexity index is 64.5. The van der Waals surface area contributed by atoms with Gasteiger partial charge < -0.3 is 15.1 Å². The minimum absolute atomic E-state index is 0. The summed E-state index contributed by atoms with van der Waals surface area (Å²) in [5.74, 6) is 0. The van der Waals surface area contributed by atoms with Crippen LogP contribution in [0.15, 0.2) is 0 Å². The van der Waals surface area contributed by atoms with Crippen LogP contribution in [0.5, 0.6) is 0 Å². The maximum atomic E-state index is 8.42. The molecule has 0 atom stereocenters. The summed E-state index contributed by atoms with van der Waals surface area (Å²) in [5.41, 5.74) is 0. The molecule has 0 rings (SSSR count). The molecule has 0 aliphatic carbocycles. The van der Waals surface area contributed by atoms with Crippen molar-refractivity contribution in [3.8, 4) is 6.07 Å². The first-order chi connectivity index (χ1) is 3.15. The van der Waals surface area contributed by atoms with Crippen molar-refractivity contribution in [2.45, 2.75) is 6.92 Å². The van der Waals surface area contributed by atoms with Crippen LogP contribution in [0, 0.1) is 11.3 Å². The number of hydrogen-bond donors (Lipinski definition) is 0. The summed E-state index contributed by atoms with van der Waals surface area (Å²) in [7, 11) is -2.92. The molecule has 0 saturated heterocycles. The number of rotatable bonds is 0. The summed E-state index contributed by atoms with van der Waals surface area (Å²) >= 11 is 0. The molecule has 0 spiro atoms. The Morgan fingerprint density at radius 3 is 1.10 bits per heavy atom. The van der Waals surface area contributed by atoms with E-state index < -0.39 is 7.32 Å². The van der Waals surface area contributed by atoms with E-state index in [0.29, 0.717) is 0 Å². The van der Waals surface area contributed by atoms with Crippen LogP contribution in [0.2, 0.25) is 0 Å². The molecule has 10 heavy (non-hydrogen) atoms. The largest absolute Gasteiger partial charge is 1.00 e. The first-order valence-electron chi connectivity index (χ1n) is 1.43. The third-order valence-electron chi connectivity index (χ3n) is 0. The van der Waals surface area contributed by atoms with Crippen molar-refractivity contribution >= 4 is 7.32 Å². The third kappa shape index (κ3) is 415. The molecule has 40 valence electrons. The van der Waals surface area contributed by atoms with E-state index in [-0.39, 0.29) is 56.6 Å². The average molecular weight is 121 g/mol. The fourth-order valence-electron chi connectivity index (χ4n) is 0. The quantitative estimate of drug-likeness (QED) is 0.297. The minimum atomic E-state index is -2.92. The fraction of sp³-hybridized carbons (Fsp3) is 0.500. The van der Waals surface area contributed by atoms with Gasteiger partial charge in [0.05, 0.1) is 6.07 Å². The van der Waals surface area contributed by atoms with E-state index in [9.17, 15) is 0 Å². The van der Waals surface area contributed by atoms with E-state index in [1.54, 1.807) is 6.07 Å². The molecular weight excluding hydrogens is 118 g/mol. The zero-order valence-corrected chi connectivity index (χ0v) is 6.75. The predicted octanol–water partition coefficient (Wildman–Crippen LogP) is -12.4. The second-order valence-electron chi connectivity index (χ2n) is 0.512. The molecular formula is C2H3BLi3NO3. The van der Waals surface area contributed by atoms with Gasteiger partial charge in [-0.2, -0.15) is 5.26 Å². The molecule has 0 aromatic heterocycles. The van der Waals surface area contributed by atoms with Gasteiger partial charge in [-0.1, -0.05) is 0 Å². The van der Waals surface area contributed by atoms with Crippen molar-refractivity contribution in [3.05, 3.63) is 0 Å². The van der Waals surface area contributed by atoms with Gasteiger partial charge in [-0.3, -0.25) is 7.32 Å². The second kappa shape index (κ2) is 31.9. The van der Waals surface area contributed by atoms with Gasteiger partial charge in [0.25, 0.3) is 0 Å². The summed E-state index contributed by atoms with van der Waals surface area (Å²) in [6.07, 6.45) is 0. The van der Waals surface area contributed by atoms with Crippen LogP contribution in [0.3, 0.4) is 0 Å². The van der Waals surface area contributed by atoms with E-state index in [1.165, 1.54) is 6.92 Å². The summed E-state index contributed by atoms with van der Waals surface area (Å²) in [5, 5.41) is 32.6. The van der Waals surface area contributed by atoms with Gasteiger partial charge in [0.1, 0.15) is 0 Å². The molecule has 0 aliphatic heterocycles. The first kappa shape index (κ1) is 30.3. The van der Waals surface area contributed by atoms with Crippen LogP contribution in [-0.4, -0.2) is 7.32 Å². The Morgan fingerprint density at radius 1 is 1.10 bits per heavy atom. The van der Waals surface area contributed by atoms with Crippen molar-refractivity contribution < 1.29 is 71.7 Å². The van der Waals surface area contributed by atoms with E-state index in [1.807, 2.05) is 0 Å². The Hall–Kier alpha value is 1.23. The van der Waals surface area contributed by atoms with Crippen molar-refractivity contribution in [3.63, 3.8) is 0 Å². The predicted molar refractivity (Wildman–Crippen MR) is 17.0 cm³/mol. The smallest absolute Gasteiger partial charge is 0.907 e. The minimum Gasteiger partial charge on any atom is -0.907 e. The number of nitriles is 1. The normalized spacial score (nSPS) is 3.50. The third-order valence-corrected chi connectivity index (χ3v) is 0. The Morgan fingerprint density at radius 2 is 1.10 bits per heavy atom. The zero-order valence-electron chi connectivity index (χ0n) is 6.75. The van der Waals surface area contributed by atoms with Crippen molar-refractivity contribution in [1.82, 2.24) is 0 Å². The molecule has 8 heteroatoms. The molecule has 0 radical (unpaired) electrons. The van der Waals surface area contributed by atoms with Gasteiger partial charge in [-0.15, -0.1) is 0 Å². The molecule has 0 aliphatic rings. The van der Waals surface area contributed by atoms with Crippen LogP contribution in [0.1, 0.15) is 6.92 Å². The number of hydrogen-bond acceptors (Lipinski definition) is 4. The van der Waals surface area contributed by atoms with Gasteiger partial charge in [-0.25, -0.2) is 0 Å². The number of nitrogens with zero attached hydrogens (tertiary/aromatic N) is 1. The Balaban J connectivity index is -0.0000000131. The van der Waals surface area contributed by atoms with Gasteiger partial charge in [-0.05, 0) is 0 Å². The van der Waals surface area contributed by atoms with Crippen LogP contribution >= 0.6 is 0 Å². The molecule has 0 unspecified atom stereocenters. The van der Waals surface area contributed by atoms with E-state index in [0.717, 1.165) is 0 Å². The average Bonchev–Trinajstić information content (AvgIpc) is 1.33. The maximum Gasteiger partial charge on any atom is 1.00 e. The molecule has 0 bridgehead atoms. The first-order valence-corrected chi connectivity index (χ1v) is 1.43. The Labute approximate surface area is 96.7 Å². The van der Waals surface area contributed by atoms with Gasteiger partial charge in [0.15, 0.2) is 0 Å². The second-order valence-corrected chi connectivity index (χ2v) is 0.512. The molecule has 0 aromatic carbocycles. The standard InChI is InChI=1S/C2H3N.BO3.3Li/c1-2-3;2-1(3)4;;;/h1H3;;;;/q;-3;3*+1. The van der Waals surface area contributed by atoms with E-state index in [2.05, 4.69) is 0 Å². The molecule has 0 fully saturated rings. The van der Waals surface area contributed by atoms with E-state index in [4.69, 9.17) is 20.3 Å². The van der Waals surface area contributed by atoms with E-state index >= 15 is 0 Å². The van der Waals surface area contributed by atoms with Crippen LogP contribution < -0.4 is 71.7 Å². The molecule has 0 aromatic rings. The Kier molecular flexibility index (Phi) is 96.5. The summed E-state index contributed by atoms with van der Waals surface area (Å²) in [6.45, 7) is 1.43. The molecule has 0 saturated carbocycles. The summed E-state index contributed by atoms with van der Waals surface area (Å²) in [6, 6.07) is 1.75. The molecule has 0 amide bonds. The van der Waals surface area contributed by atoms with Gasteiger partial charge in [0, 0.05) is 6.92 Å². The van der Waals surface area contributed by atoms with Crippen LogP contribution in [-0.2, 0) is 0 Å². The van der Waals surface area contributed by atoms with Crippen molar-refractivity contribution in [2.24, 2.45) is 0 Å². The monoisotopic (exact) mass is 121 g/mol. The van der Waals surface area contributed by atoms with Crippen LogP contribution in [0.4, 0.5) is 0 Å². The summed E-state index contributed by atoms with van der Waals surface area (Å²) < 4.78 is 0. The molecule has 4 nitrogen and oxygen atoms in total. The molecule has 0 heterocycles.